The predicted molar refractivity (Wildman–Crippen MR) is 130 cm³/mol. The predicted octanol–water partition coefficient (Wildman–Crippen LogP) is 5.46. The highest BCUT2D eigenvalue weighted by Crippen LogP contribution is 2.63. The van der Waals surface area contributed by atoms with E-state index in [1.165, 1.54) is 27.8 Å². The molecule has 1 aromatic carbocycles. The van der Waals surface area contributed by atoms with Crippen molar-refractivity contribution in [3.8, 4) is 0 Å². The van der Waals surface area contributed by atoms with Crippen molar-refractivity contribution >= 4 is 17.4 Å². The van der Waals surface area contributed by atoms with Crippen LogP contribution in [-0.4, -0.2) is 39.5 Å². The van der Waals surface area contributed by atoms with Gasteiger partial charge in [-0.25, -0.2) is 9.18 Å². The van der Waals surface area contributed by atoms with E-state index in [9.17, 15) is 19.1 Å². The third-order valence-electron chi connectivity index (χ3n) is 9.37. The number of carbonyl (C=O) groups is 2. The van der Waals surface area contributed by atoms with Gasteiger partial charge >= 0.3 is 5.97 Å². The minimum absolute atomic E-state index is 0.0334. The van der Waals surface area contributed by atoms with Crippen molar-refractivity contribution in [1.29, 1.82) is 0 Å². The molecule has 35 heavy (non-hydrogen) atoms. The zero-order valence-corrected chi connectivity index (χ0v) is 20.0. The molecular weight excluding hydrogens is 443 g/mol. The summed E-state index contributed by atoms with van der Waals surface area (Å²) in [6, 6.07) is 6.97. The van der Waals surface area contributed by atoms with E-state index in [0.29, 0.717) is 36.3 Å². The fourth-order valence-electron chi connectivity index (χ4n) is 7.72. The Morgan fingerprint density at radius 2 is 2.03 bits per heavy atom. The molecular formula is C29H31FN2O3. The minimum atomic E-state index is -0.916. The first kappa shape index (κ1) is 22.4. The number of nitrogens with zero attached hydrogens (tertiary/aromatic N) is 2. The van der Waals surface area contributed by atoms with Crippen molar-refractivity contribution in [2.24, 2.45) is 17.3 Å². The van der Waals surface area contributed by atoms with Crippen LogP contribution >= 0.6 is 0 Å². The molecule has 1 N–H and O–H groups in total. The first-order chi connectivity index (χ1) is 16.9. The van der Waals surface area contributed by atoms with Gasteiger partial charge in [0.2, 0.25) is 0 Å². The normalized spacial score (nSPS) is 31.4. The summed E-state index contributed by atoms with van der Waals surface area (Å²) >= 11 is 0. The quantitative estimate of drug-likeness (QED) is 0.641. The molecule has 1 aliphatic heterocycles. The average Bonchev–Trinajstić information content (AvgIpc) is 3.48. The molecule has 0 radical (unpaired) electrons. The van der Waals surface area contributed by atoms with Crippen molar-refractivity contribution in [3.05, 3.63) is 70.8 Å². The second-order valence-corrected chi connectivity index (χ2v) is 11.0. The van der Waals surface area contributed by atoms with Gasteiger partial charge in [-0.2, -0.15) is 0 Å². The number of pyridine rings is 1. The number of likely N-dealkylation sites (tertiary alicyclic amines) is 1. The van der Waals surface area contributed by atoms with E-state index in [1.54, 1.807) is 12.3 Å². The van der Waals surface area contributed by atoms with Crippen LogP contribution in [0.25, 0.3) is 5.57 Å². The van der Waals surface area contributed by atoms with Crippen LogP contribution in [0, 0.1) is 23.1 Å². The number of allylic oxidation sites excluding steroid dienone is 2. The number of amides is 1. The van der Waals surface area contributed by atoms with Crippen molar-refractivity contribution < 1.29 is 19.1 Å². The number of aliphatic carboxylic acids is 1. The van der Waals surface area contributed by atoms with Gasteiger partial charge in [0.05, 0.1) is 6.20 Å². The van der Waals surface area contributed by atoms with E-state index in [0.717, 1.165) is 44.1 Å². The summed E-state index contributed by atoms with van der Waals surface area (Å²) in [7, 11) is 0. The molecule has 2 aromatic rings. The highest BCUT2D eigenvalue weighted by molar-refractivity contribution is 5.97. The topological polar surface area (TPSA) is 70.5 Å². The number of carboxylic acids is 1. The first-order valence-corrected chi connectivity index (χ1v) is 12.8. The zero-order valence-electron chi connectivity index (χ0n) is 20.0. The van der Waals surface area contributed by atoms with Crippen LogP contribution in [0.4, 0.5) is 4.39 Å². The number of hydrogen-bond donors (Lipinski definition) is 1. The van der Waals surface area contributed by atoms with Gasteiger partial charge in [-0.1, -0.05) is 19.1 Å². The number of carboxylic acid groups (broad SMARTS) is 1. The van der Waals surface area contributed by atoms with Gasteiger partial charge < -0.3 is 10.0 Å². The summed E-state index contributed by atoms with van der Waals surface area (Å²) in [5.74, 6) is 0.190. The highest BCUT2D eigenvalue weighted by Gasteiger charge is 2.52. The third kappa shape index (κ3) is 3.52. The lowest BCUT2D eigenvalue weighted by atomic mass is 9.54. The van der Waals surface area contributed by atoms with Gasteiger partial charge in [-0.05, 0) is 109 Å². The molecule has 5 nitrogen and oxygen atoms in total. The molecule has 0 spiro atoms. The molecule has 4 aliphatic rings. The van der Waals surface area contributed by atoms with Gasteiger partial charge in [-0.15, -0.1) is 0 Å². The molecule has 1 saturated carbocycles. The van der Waals surface area contributed by atoms with E-state index < -0.39 is 12.0 Å². The Labute approximate surface area is 205 Å². The van der Waals surface area contributed by atoms with E-state index in [4.69, 9.17) is 0 Å². The Morgan fingerprint density at radius 1 is 1.17 bits per heavy atom. The maximum absolute atomic E-state index is 13.9. The van der Waals surface area contributed by atoms with Crippen molar-refractivity contribution in [3.63, 3.8) is 0 Å². The molecule has 1 amide bonds. The lowest BCUT2D eigenvalue weighted by molar-refractivity contribution is -0.141. The van der Waals surface area contributed by atoms with Gasteiger partial charge in [0.25, 0.3) is 5.91 Å². The van der Waals surface area contributed by atoms with Crippen LogP contribution in [0.1, 0.15) is 78.4 Å². The van der Waals surface area contributed by atoms with Crippen LogP contribution in [-0.2, 0) is 11.2 Å². The number of fused-ring (bicyclic) bond motifs is 5. The summed E-state index contributed by atoms with van der Waals surface area (Å²) in [5, 5.41) is 9.48. The molecule has 182 valence electrons. The largest absolute Gasteiger partial charge is 0.480 e. The molecule has 3 aliphatic carbocycles. The van der Waals surface area contributed by atoms with Gasteiger partial charge in [0.15, 0.2) is 0 Å². The summed E-state index contributed by atoms with van der Waals surface area (Å²) in [6.07, 6.45) is 11.8. The monoisotopic (exact) mass is 474 g/mol. The standard InChI is InChI=1S/C29H31FN2O3/c1-29-11-10-22-21-6-5-18(27(33)32-12-2-3-26(32)28(34)35)13-17(21)4-7-23(22)25(29)9-8-24(29)19-14-20(30)16-31-15-19/h5-6,8,13-16,22-23,25-26H,2-4,7,9-12H2,1H3,(H,34,35)/t22-,23-,25+,26-,29-/m1/s1. The Hall–Kier alpha value is -3.02. The van der Waals surface area contributed by atoms with Crippen LogP contribution in [0.15, 0.2) is 42.7 Å². The number of halogens is 1. The molecule has 6 rings (SSSR count). The van der Waals surface area contributed by atoms with E-state index >= 15 is 0 Å². The maximum atomic E-state index is 13.9. The second-order valence-electron chi connectivity index (χ2n) is 11.0. The molecule has 6 heteroatoms. The molecule has 1 aromatic heterocycles. The Bertz CT molecular complexity index is 1240. The van der Waals surface area contributed by atoms with Crippen LogP contribution in [0.2, 0.25) is 0 Å². The SMILES string of the molecule is C[C@]12CC[C@@H]3c4ccc(C(=O)N5CCC[C@@H]5C(=O)O)cc4CC[C@H]3[C@@H]1CC=C2c1cncc(F)c1. The van der Waals surface area contributed by atoms with Crippen molar-refractivity contribution in [2.45, 2.75) is 63.8 Å². The van der Waals surface area contributed by atoms with Gasteiger partial charge in [0, 0.05) is 18.3 Å². The minimum Gasteiger partial charge on any atom is -0.480 e. The smallest absolute Gasteiger partial charge is 0.326 e. The molecule has 2 heterocycles. The maximum Gasteiger partial charge on any atom is 0.326 e. The Morgan fingerprint density at radius 3 is 2.83 bits per heavy atom. The highest BCUT2D eigenvalue weighted by atomic mass is 19.1. The van der Waals surface area contributed by atoms with Crippen molar-refractivity contribution in [2.75, 3.05) is 6.54 Å². The summed E-state index contributed by atoms with van der Waals surface area (Å²) < 4.78 is 13.9. The molecule has 0 unspecified atom stereocenters. The first-order valence-electron chi connectivity index (χ1n) is 12.8. The average molecular weight is 475 g/mol. The van der Waals surface area contributed by atoms with Crippen molar-refractivity contribution in [1.82, 2.24) is 9.88 Å². The van der Waals surface area contributed by atoms with E-state index in [1.807, 2.05) is 12.1 Å². The van der Waals surface area contributed by atoms with E-state index in [2.05, 4.69) is 24.1 Å². The summed E-state index contributed by atoms with van der Waals surface area (Å²) in [5.41, 5.74) is 5.40. The Kier molecular flexibility index (Phi) is 5.31. The fourth-order valence-corrected chi connectivity index (χ4v) is 7.72. The van der Waals surface area contributed by atoms with E-state index in [-0.39, 0.29) is 17.1 Å². The summed E-state index contributed by atoms with van der Waals surface area (Å²) in [6.45, 7) is 2.86. The number of hydrogen-bond acceptors (Lipinski definition) is 3. The fraction of sp³-hybridized carbons (Fsp3) is 0.483. The lowest BCUT2D eigenvalue weighted by Crippen LogP contribution is -2.41. The zero-order chi connectivity index (χ0) is 24.3. The third-order valence-corrected chi connectivity index (χ3v) is 9.37. The van der Waals surface area contributed by atoms with Crippen LogP contribution in [0.5, 0.6) is 0 Å². The number of rotatable bonds is 3. The molecule has 2 fully saturated rings. The van der Waals surface area contributed by atoms with Gasteiger partial charge in [0.1, 0.15) is 11.9 Å². The van der Waals surface area contributed by atoms with Crippen LogP contribution in [0.3, 0.4) is 0 Å². The number of benzene rings is 1. The summed E-state index contributed by atoms with van der Waals surface area (Å²) in [4.78, 5) is 30.3. The molecule has 1 saturated heterocycles. The molecule has 5 atom stereocenters. The number of aryl methyl sites for hydroxylation is 1. The molecule has 0 bridgehead atoms. The Balaban J connectivity index is 1.25. The lowest BCUT2D eigenvalue weighted by Gasteiger charge is -2.50. The van der Waals surface area contributed by atoms with Crippen LogP contribution < -0.4 is 0 Å². The number of carbonyl (C=O) groups excluding carboxylic acids is 1. The van der Waals surface area contributed by atoms with Gasteiger partial charge in [-0.3, -0.25) is 9.78 Å². The number of aromatic nitrogens is 1. The second kappa shape index (κ2) is 8.28.